The van der Waals surface area contributed by atoms with Crippen LogP contribution in [0, 0.1) is 0 Å². The van der Waals surface area contributed by atoms with Crippen LogP contribution >= 0.6 is 0 Å². The van der Waals surface area contributed by atoms with Crippen LogP contribution in [0.1, 0.15) is 40.2 Å². The van der Waals surface area contributed by atoms with Crippen molar-refractivity contribution in [2.24, 2.45) is 0 Å². The van der Waals surface area contributed by atoms with Gasteiger partial charge in [0, 0.05) is 6.54 Å². The number of rotatable bonds is 11. The van der Waals surface area contributed by atoms with E-state index in [9.17, 15) is 16.8 Å². The van der Waals surface area contributed by atoms with Gasteiger partial charge in [0.15, 0.2) is 0 Å². The minimum Gasteiger partial charge on any atom is -0.485 e. The van der Waals surface area contributed by atoms with Gasteiger partial charge < -0.3 is 4.74 Å². The van der Waals surface area contributed by atoms with Gasteiger partial charge in [-0.3, -0.25) is 0 Å². The highest BCUT2D eigenvalue weighted by atomic mass is 32.2. The molecule has 3 N–H and O–H groups in total. The summed E-state index contributed by atoms with van der Waals surface area (Å²) < 4.78 is 57.3. The van der Waals surface area contributed by atoms with Gasteiger partial charge in [-0.2, -0.15) is 8.42 Å². The van der Waals surface area contributed by atoms with E-state index in [-0.39, 0.29) is 12.6 Å². The first-order chi connectivity index (χ1) is 14.4. The largest absolute Gasteiger partial charge is 0.485 e. The summed E-state index contributed by atoms with van der Waals surface area (Å²) in [6.45, 7) is 9.03. The van der Waals surface area contributed by atoms with E-state index >= 15 is 0 Å². The third-order valence-corrected chi connectivity index (χ3v) is 8.65. The maximum absolute atomic E-state index is 11.9. The summed E-state index contributed by atoms with van der Waals surface area (Å²) in [5, 5.41) is -0.895. The van der Waals surface area contributed by atoms with Crippen molar-refractivity contribution in [1.82, 2.24) is 4.72 Å². The van der Waals surface area contributed by atoms with Crippen LogP contribution in [0.25, 0.3) is 11.1 Å². The SMILES string of the molecule is CC(C[NH2+]S(=O)(=O)C(C)C)Oc1ccc(-c2ccc(CNS(=O)(=O)C(C)C)cc2)cc1. The van der Waals surface area contributed by atoms with Crippen molar-refractivity contribution >= 4 is 20.0 Å². The van der Waals surface area contributed by atoms with Crippen molar-refractivity contribution in [3.8, 4) is 16.9 Å². The van der Waals surface area contributed by atoms with Crippen LogP contribution in [0.5, 0.6) is 5.75 Å². The zero-order valence-corrected chi connectivity index (χ0v) is 20.3. The second-order valence-electron chi connectivity index (χ2n) is 8.10. The maximum Gasteiger partial charge on any atom is 0.296 e. The average Bonchev–Trinajstić information content (AvgIpc) is 2.72. The summed E-state index contributed by atoms with van der Waals surface area (Å²) in [6.07, 6.45) is -0.256. The maximum atomic E-state index is 11.9. The van der Waals surface area contributed by atoms with Crippen LogP contribution in [0.4, 0.5) is 0 Å². The number of hydrogen-bond acceptors (Lipinski definition) is 5. The summed E-state index contributed by atoms with van der Waals surface area (Å²) in [4.78, 5) is 0. The molecule has 2 aromatic rings. The van der Waals surface area contributed by atoms with Crippen molar-refractivity contribution in [3.63, 3.8) is 0 Å². The van der Waals surface area contributed by atoms with Gasteiger partial charge in [0.25, 0.3) is 10.0 Å². The van der Waals surface area contributed by atoms with Crippen molar-refractivity contribution in [1.29, 1.82) is 0 Å². The predicted molar refractivity (Wildman–Crippen MR) is 124 cm³/mol. The number of ether oxygens (including phenoxy) is 1. The molecule has 0 radical (unpaired) electrons. The number of sulfonamides is 2. The molecular weight excluding hydrogens is 436 g/mol. The van der Waals surface area contributed by atoms with Crippen molar-refractivity contribution < 1.29 is 26.3 Å². The third-order valence-electron chi connectivity index (χ3n) is 4.89. The Morgan fingerprint density at radius 2 is 1.32 bits per heavy atom. The Morgan fingerprint density at radius 3 is 1.81 bits per heavy atom. The van der Waals surface area contributed by atoms with Gasteiger partial charge in [-0.05, 0) is 63.4 Å². The van der Waals surface area contributed by atoms with Gasteiger partial charge in [-0.25, -0.2) is 17.9 Å². The molecule has 0 saturated carbocycles. The van der Waals surface area contributed by atoms with E-state index in [0.717, 1.165) is 16.7 Å². The molecule has 0 aliphatic carbocycles. The lowest BCUT2D eigenvalue weighted by atomic mass is 10.0. The molecule has 0 fully saturated rings. The highest BCUT2D eigenvalue weighted by Gasteiger charge is 2.21. The third kappa shape index (κ3) is 7.60. The smallest absolute Gasteiger partial charge is 0.296 e. The van der Waals surface area contributed by atoms with Gasteiger partial charge in [0.2, 0.25) is 10.0 Å². The fourth-order valence-corrected chi connectivity index (χ4v) is 4.26. The van der Waals surface area contributed by atoms with Crippen molar-refractivity contribution in [3.05, 3.63) is 54.1 Å². The second-order valence-corrected chi connectivity index (χ2v) is 12.9. The predicted octanol–water partition coefficient (Wildman–Crippen LogP) is 2.25. The van der Waals surface area contributed by atoms with E-state index in [0.29, 0.717) is 12.3 Å². The molecule has 0 spiro atoms. The lowest BCUT2D eigenvalue weighted by Gasteiger charge is -2.15. The average molecular weight is 470 g/mol. The summed E-state index contributed by atoms with van der Waals surface area (Å²) in [5.74, 6) is 0.673. The van der Waals surface area contributed by atoms with E-state index in [1.54, 1.807) is 27.7 Å². The van der Waals surface area contributed by atoms with E-state index in [4.69, 9.17) is 4.74 Å². The van der Waals surface area contributed by atoms with Crippen LogP contribution in [0.15, 0.2) is 48.5 Å². The van der Waals surface area contributed by atoms with Gasteiger partial charge >= 0.3 is 0 Å². The molecule has 31 heavy (non-hydrogen) atoms. The fraction of sp³-hybridized carbons (Fsp3) is 0.455. The molecule has 0 aromatic heterocycles. The molecule has 0 saturated heterocycles. The van der Waals surface area contributed by atoms with Crippen molar-refractivity contribution in [2.45, 2.75) is 57.8 Å². The molecule has 2 rings (SSSR count). The van der Waals surface area contributed by atoms with Crippen LogP contribution in [-0.4, -0.2) is 40.0 Å². The number of hydrogen-bond donors (Lipinski definition) is 2. The highest BCUT2D eigenvalue weighted by Crippen LogP contribution is 2.23. The molecule has 0 aliphatic rings. The lowest BCUT2D eigenvalue weighted by molar-refractivity contribution is -0.505. The number of primary sulfonamides is 1. The molecule has 1 atom stereocenters. The Hall–Kier alpha value is -1.94. The summed E-state index contributed by atoms with van der Waals surface area (Å²) in [7, 11) is -6.48. The molecule has 0 bridgehead atoms. The van der Waals surface area contributed by atoms with Crippen molar-refractivity contribution in [2.75, 3.05) is 6.54 Å². The topological polar surface area (TPSA) is 106 Å². The molecule has 0 aliphatic heterocycles. The molecule has 7 nitrogen and oxygen atoms in total. The molecule has 9 heteroatoms. The highest BCUT2D eigenvalue weighted by molar-refractivity contribution is 7.90. The first-order valence-corrected chi connectivity index (χ1v) is 13.5. The summed E-state index contributed by atoms with van der Waals surface area (Å²) in [6, 6.07) is 15.3. The van der Waals surface area contributed by atoms with E-state index in [2.05, 4.69) is 4.72 Å². The van der Waals surface area contributed by atoms with Gasteiger partial charge in [0.05, 0.1) is 5.25 Å². The number of nitrogens with two attached hydrogens (primary N) is 1. The Labute approximate surface area is 186 Å². The molecular formula is C22H33N2O5S2+. The molecule has 1 unspecified atom stereocenters. The van der Waals surface area contributed by atoms with Crippen LogP contribution in [-0.2, 0) is 26.6 Å². The summed E-state index contributed by atoms with van der Waals surface area (Å²) in [5.41, 5.74) is 2.89. The Bertz CT molecular complexity index is 1050. The van der Waals surface area contributed by atoms with E-state index in [1.165, 1.54) is 4.72 Å². The monoisotopic (exact) mass is 469 g/mol. The van der Waals surface area contributed by atoms with Gasteiger partial charge in [0.1, 0.15) is 23.6 Å². The normalized spacial score (nSPS) is 13.5. The zero-order chi connectivity index (χ0) is 23.2. The molecule has 0 heterocycles. The Morgan fingerprint density at radius 1 is 0.806 bits per heavy atom. The molecule has 172 valence electrons. The quantitative estimate of drug-likeness (QED) is 0.525. The van der Waals surface area contributed by atoms with Crippen LogP contribution in [0.2, 0.25) is 0 Å². The number of benzene rings is 2. The Balaban J connectivity index is 1.94. The second kappa shape index (κ2) is 10.6. The summed E-state index contributed by atoms with van der Waals surface area (Å²) >= 11 is 0. The van der Waals surface area contributed by atoms with Crippen LogP contribution in [0.3, 0.4) is 0 Å². The lowest BCUT2D eigenvalue weighted by Crippen LogP contribution is -2.90. The minimum absolute atomic E-state index is 0.256. The van der Waals surface area contributed by atoms with E-state index < -0.39 is 30.5 Å². The minimum atomic E-state index is -3.29. The molecule has 0 amide bonds. The zero-order valence-electron chi connectivity index (χ0n) is 18.7. The van der Waals surface area contributed by atoms with Gasteiger partial charge in [-0.15, -0.1) is 0 Å². The van der Waals surface area contributed by atoms with Gasteiger partial charge in [-0.1, -0.05) is 36.4 Å². The molecule has 2 aromatic carbocycles. The standard InChI is InChI=1S/C22H32N2O5S2/c1-16(2)30(25,26)23-14-18(5)29-22-12-10-21(11-13-22)20-8-6-19(7-9-20)15-24-31(27,28)17(3)4/h6-13,16-18,23-24H,14-15H2,1-5H3/p+1. The fourth-order valence-electron chi connectivity index (χ4n) is 2.63. The number of nitrogens with one attached hydrogen (secondary N) is 1. The van der Waals surface area contributed by atoms with Crippen LogP contribution < -0.4 is 14.2 Å². The van der Waals surface area contributed by atoms with E-state index in [1.807, 2.05) is 55.5 Å². The Kier molecular flexibility index (Phi) is 8.65. The first kappa shape index (κ1) is 25.3. The number of quaternary nitrogens is 1. The first-order valence-electron chi connectivity index (χ1n) is 10.3.